The van der Waals surface area contributed by atoms with Gasteiger partial charge in [-0.15, -0.1) is 5.10 Å². The number of aryl methyl sites for hydroxylation is 1. The van der Waals surface area contributed by atoms with E-state index in [4.69, 9.17) is 9.15 Å². The zero-order valence-corrected chi connectivity index (χ0v) is 16.6. The molecule has 0 bridgehead atoms. The van der Waals surface area contributed by atoms with Gasteiger partial charge >= 0.3 is 6.01 Å². The summed E-state index contributed by atoms with van der Waals surface area (Å²) >= 11 is 0. The van der Waals surface area contributed by atoms with Gasteiger partial charge < -0.3 is 19.4 Å². The number of methoxy groups -OCH3 is 1. The van der Waals surface area contributed by atoms with Crippen molar-refractivity contribution in [1.29, 1.82) is 0 Å². The van der Waals surface area contributed by atoms with Gasteiger partial charge in [0.05, 0.1) is 7.11 Å². The number of piperidine rings is 1. The Bertz CT molecular complexity index is 958. The second-order valence-corrected chi connectivity index (χ2v) is 7.23. The molecule has 0 atom stereocenters. The first kappa shape index (κ1) is 19.0. The molecular formula is C22H24N4O3. The smallest absolute Gasteiger partial charge is 0.318 e. The lowest BCUT2D eigenvalue weighted by molar-refractivity contribution is -0.120. The number of ether oxygens (including phenoxy) is 1. The summed E-state index contributed by atoms with van der Waals surface area (Å²) in [6.45, 7) is 3.45. The number of nitrogens with one attached hydrogen (secondary N) is 1. The number of rotatable bonds is 5. The highest BCUT2D eigenvalue weighted by molar-refractivity contribution is 5.92. The highest BCUT2D eigenvalue weighted by Gasteiger charge is 2.27. The van der Waals surface area contributed by atoms with E-state index < -0.39 is 0 Å². The van der Waals surface area contributed by atoms with E-state index in [9.17, 15) is 4.79 Å². The zero-order valence-electron chi connectivity index (χ0n) is 16.6. The Kier molecular flexibility index (Phi) is 5.46. The highest BCUT2D eigenvalue weighted by Crippen LogP contribution is 2.27. The topological polar surface area (TPSA) is 80.5 Å². The quantitative estimate of drug-likeness (QED) is 0.709. The van der Waals surface area contributed by atoms with Gasteiger partial charge in [-0.2, -0.15) is 0 Å². The van der Waals surface area contributed by atoms with Crippen LogP contribution in [0.3, 0.4) is 0 Å². The average molecular weight is 392 g/mol. The van der Waals surface area contributed by atoms with E-state index in [1.165, 1.54) is 5.56 Å². The minimum atomic E-state index is -0.0344. The second-order valence-electron chi connectivity index (χ2n) is 7.23. The molecule has 7 heteroatoms. The molecule has 0 spiro atoms. The predicted octanol–water partition coefficient (Wildman–Crippen LogP) is 3.91. The Morgan fingerprint density at radius 2 is 1.76 bits per heavy atom. The summed E-state index contributed by atoms with van der Waals surface area (Å²) < 4.78 is 11.0. The van der Waals surface area contributed by atoms with Crippen molar-refractivity contribution in [2.75, 3.05) is 30.4 Å². The maximum Gasteiger partial charge on any atom is 0.318 e. The number of amides is 1. The van der Waals surface area contributed by atoms with Crippen molar-refractivity contribution in [2.24, 2.45) is 5.92 Å². The van der Waals surface area contributed by atoms with Gasteiger partial charge in [-0.25, -0.2) is 0 Å². The van der Waals surface area contributed by atoms with Crippen LogP contribution in [0.2, 0.25) is 0 Å². The number of hydrogen-bond acceptors (Lipinski definition) is 6. The van der Waals surface area contributed by atoms with Crippen molar-refractivity contribution in [2.45, 2.75) is 19.8 Å². The molecule has 150 valence electrons. The number of aromatic nitrogens is 2. The van der Waals surface area contributed by atoms with Crippen molar-refractivity contribution in [3.63, 3.8) is 0 Å². The molecule has 0 unspecified atom stereocenters. The number of carbonyl (C=O) groups is 1. The van der Waals surface area contributed by atoms with Crippen LogP contribution in [0.5, 0.6) is 5.75 Å². The van der Waals surface area contributed by atoms with Crippen LogP contribution in [0.1, 0.15) is 18.4 Å². The fourth-order valence-corrected chi connectivity index (χ4v) is 3.41. The van der Waals surface area contributed by atoms with Crippen molar-refractivity contribution >= 4 is 17.6 Å². The van der Waals surface area contributed by atoms with Crippen molar-refractivity contribution in [1.82, 2.24) is 10.2 Å². The molecule has 0 saturated carbocycles. The van der Waals surface area contributed by atoms with Crippen molar-refractivity contribution < 1.29 is 13.9 Å². The first-order chi connectivity index (χ1) is 14.1. The van der Waals surface area contributed by atoms with Crippen LogP contribution in [0.25, 0.3) is 11.5 Å². The second kappa shape index (κ2) is 8.34. The molecular weight excluding hydrogens is 368 g/mol. The Labute approximate surface area is 169 Å². The van der Waals surface area contributed by atoms with E-state index in [0.29, 0.717) is 25.0 Å². The summed E-state index contributed by atoms with van der Waals surface area (Å²) in [5.41, 5.74) is 2.87. The maximum absolute atomic E-state index is 12.6. The fourth-order valence-electron chi connectivity index (χ4n) is 3.41. The van der Waals surface area contributed by atoms with Crippen LogP contribution in [0, 0.1) is 12.8 Å². The van der Waals surface area contributed by atoms with Crippen LogP contribution in [-0.4, -0.2) is 36.3 Å². The molecule has 0 radical (unpaired) electrons. The van der Waals surface area contributed by atoms with Gasteiger partial charge in [-0.05, 0) is 56.2 Å². The largest absolute Gasteiger partial charge is 0.497 e. The van der Waals surface area contributed by atoms with Crippen LogP contribution >= 0.6 is 0 Å². The molecule has 4 rings (SSSR count). The third kappa shape index (κ3) is 4.39. The lowest BCUT2D eigenvalue weighted by Crippen LogP contribution is -2.38. The van der Waals surface area contributed by atoms with Gasteiger partial charge in [0.1, 0.15) is 5.75 Å². The van der Waals surface area contributed by atoms with E-state index in [1.54, 1.807) is 7.11 Å². The third-order valence-electron chi connectivity index (χ3n) is 5.21. The minimum Gasteiger partial charge on any atom is -0.497 e. The van der Waals surface area contributed by atoms with Crippen molar-refractivity contribution in [3.05, 3.63) is 54.1 Å². The summed E-state index contributed by atoms with van der Waals surface area (Å²) in [5.74, 6) is 1.29. The third-order valence-corrected chi connectivity index (χ3v) is 5.21. The van der Waals surface area contributed by atoms with E-state index in [1.807, 2.05) is 60.4 Å². The van der Waals surface area contributed by atoms with Crippen LogP contribution in [-0.2, 0) is 4.79 Å². The van der Waals surface area contributed by atoms with E-state index >= 15 is 0 Å². The van der Waals surface area contributed by atoms with E-state index in [0.717, 1.165) is 29.8 Å². The molecule has 0 aliphatic carbocycles. The zero-order chi connectivity index (χ0) is 20.2. The molecule has 1 aromatic heterocycles. The van der Waals surface area contributed by atoms with E-state index in [2.05, 4.69) is 15.5 Å². The van der Waals surface area contributed by atoms with E-state index in [-0.39, 0.29) is 11.8 Å². The Morgan fingerprint density at radius 3 is 2.41 bits per heavy atom. The van der Waals surface area contributed by atoms with Gasteiger partial charge in [0, 0.05) is 30.3 Å². The van der Waals surface area contributed by atoms with Gasteiger partial charge in [-0.1, -0.05) is 22.8 Å². The monoisotopic (exact) mass is 392 g/mol. The van der Waals surface area contributed by atoms with Gasteiger partial charge in [0.15, 0.2) is 0 Å². The maximum atomic E-state index is 12.6. The van der Waals surface area contributed by atoms with Gasteiger partial charge in [0.2, 0.25) is 11.8 Å². The molecule has 1 aliphatic heterocycles. The minimum absolute atomic E-state index is 0.0344. The van der Waals surface area contributed by atoms with Gasteiger partial charge in [0.25, 0.3) is 0 Å². The molecule has 1 amide bonds. The molecule has 1 aliphatic rings. The lowest BCUT2D eigenvalue weighted by Gasteiger charge is -2.29. The first-order valence-electron chi connectivity index (χ1n) is 9.73. The average Bonchev–Trinajstić information content (AvgIpc) is 3.25. The summed E-state index contributed by atoms with van der Waals surface area (Å²) in [6, 6.07) is 15.9. The normalized spacial score (nSPS) is 14.6. The molecule has 7 nitrogen and oxygen atoms in total. The molecule has 1 N–H and O–H groups in total. The molecule has 2 aromatic carbocycles. The lowest BCUT2D eigenvalue weighted by atomic mass is 9.96. The summed E-state index contributed by atoms with van der Waals surface area (Å²) in [4.78, 5) is 14.6. The number of benzene rings is 2. The first-order valence-corrected chi connectivity index (χ1v) is 9.73. The Morgan fingerprint density at radius 1 is 1.07 bits per heavy atom. The predicted molar refractivity (Wildman–Crippen MR) is 111 cm³/mol. The summed E-state index contributed by atoms with van der Waals surface area (Å²) in [5, 5.41) is 11.3. The van der Waals surface area contributed by atoms with Crippen LogP contribution in [0.4, 0.5) is 11.7 Å². The molecule has 1 saturated heterocycles. The Hall–Kier alpha value is -3.35. The number of anilines is 2. The fraction of sp³-hybridized carbons (Fsp3) is 0.318. The van der Waals surface area contributed by atoms with Crippen molar-refractivity contribution in [3.8, 4) is 17.2 Å². The Balaban J connectivity index is 1.33. The summed E-state index contributed by atoms with van der Waals surface area (Å²) in [6.07, 6.45) is 1.48. The molecule has 2 heterocycles. The summed E-state index contributed by atoms with van der Waals surface area (Å²) in [7, 11) is 1.62. The number of nitrogens with zero attached hydrogens (tertiary/aromatic N) is 3. The number of carbonyl (C=O) groups excluding carboxylic acids is 1. The van der Waals surface area contributed by atoms with Gasteiger partial charge in [-0.3, -0.25) is 4.79 Å². The highest BCUT2D eigenvalue weighted by atomic mass is 16.5. The van der Waals surface area contributed by atoms with Crippen LogP contribution < -0.4 is 15.0 Å². The standard InChI is InChI=1S/C22H24N4O3/c1-15-3-5-17(6-4-15)21-24-25-22(29-21)26-13-11-16(12-14-26)20(27)23-18-7-9-19(28-2)10-8-18/h3-10,16H,11-14H2,1-2H3,(H,23,27). The number of hydrogen-bond donors (Lipinski definition) is 1. The molecule has 29 heavy (non-hydrogen) atoms. The molecule has 1 fully saturated rings. The van der Waals surface area contributed by atoms with Crippen LogP contribution in [0.15, 0.2) is 52.9 Å². The molecule has 3 aromatic rings. The SMILES string of the molecule is COc1ccc(NC(=O)C2CCN(c3nnc(-c4ccc(C)cc4)o3)CC2)cc1.